The van der Waals surface area contributed by atoms with Crippen molar-refractivity contribution >= 4 is 7.12 Å². The molecule has 114 valence electrons. The van der Waals surface area contributed by atoms with Crippen LogP contribution in [0.25, 0.3) is 0 Å². The number of hydrogen-bond acceptors (Lipinski definition) is 2. The second kappa shape index (κ2) is 16.0. The molecule has 0 fully saturated rings. The van der Waals surface area contributed by atoms with Crippen LogP contribution in [0.4, 0.5) is 0 Å². The average Bonchev–Trinajstić information content (AvgIpc) is 2.39. The van der Waals surface area contributed by atoms with Gasteiger partial charge in [0.2, 0.25) is 0 Å². The molecule has 2 N–H and O–H groups in total. The van der Waals surface area contributed by atoms with Gasteiger partial charge in [-0.1, -0.05) is 96.8 Å². The Balaban J connectivity index is 2.91. The van der Waals surface area contributed by atoms with Gasteiger partial charge in [-0.3, -0.25) is 0 Å². The first kappa shape index (κ1) is 19.0. The van der Waals surface area contributed by atoms with Crippen LogP contribution in [0, 0.1) is 0 Å². The van der Waals surface area contributed by atoms with Crippen molar-refractivity contribution in [2.45, 2.75) is 103 Å². The highest BCUT2D eigenvalue weighted by Crippen LogP contribution is 2.13. The minimum atomic E-state index is -1.10. The van der Waals surface area contributed by atoms with Gasteiger partial charge in [-0.25, -0.2) is 0 Å². The molecule has 0 bridgehead atoms. The zero-order valence-corrected chi connectivity index (χ0v) is 13.1. The van der Waals surface area contributed by atoms with Crippen LogP contribution < -0.4 is 0 Å². The summed E-state index contributed by atoms with van der Waals surface area (Å²) in [5.41, 5.74) is 0. The minimum absolute atomic E-state index is 0.540. The Kier molecular flexibility index (Phi) is 16.0. The molecular formula is C16H35BO2. The van der Waals surface area contributed by atoms with Crippen LogP contribution in [-0.4, -0.2) is 17.2 Å². The van der Waals surface area contributed by atoms with Gasteiger partial charge in [0.15, 0.2) is 0 Å². The predicted octanol–water partition coefficient (Wildman–Crippen LogP) is 4.94. The average molecular weight is 270 g/mol. The fourth-order valence-corrected chi connectivity index (χ4v) is 2.52. The van der Waals surface area contributed by atoms with Crippen LogP contribution in [0.3, 0.4) is 0 Å². The van der Waals surface area contributed by atoms with E-state index in [4.69, 9.17) is 10.0 Å². The summed E-state index contributed by atoms with van der Waals surface area (Å²) in [6.07, 6.45) is 19.3. The highest BCUT2D eigenvalue weighted by atomic mass is 16.4. The quantitative estimate of drug-likeness (QED) is 0.327. The third-order valence-electron chi connectivity index (χ3n) is 3.82. The first-order chi connectivity index (χ1) is 9.27. The van der Waals surface area contributed by atoms with Crippen LogP contribution in [0.15, 0.2) is 0 Å². The van der Waals surface area contributed by atoms with Gasteiger partial charge in [-0.15, -0.1) is 0 Å². The van der Waals surface area contributed by atoms with E-state index in [1.165, 1.54) is 77.0 Å². The van der Waals surface area contributed by atoms with Crippen molar-refractivity contribution in [1.82, 2.24) is 0 Å². The summed E-state index contributed by atoms with van der Waals surface area (Å²) in [4.78, 5) is 0. The van der Waals surface area contributed by atoms with Gasteiger partial charge >= 0.3 is 7.12 Å². The molecule has 3 heteroatoms. The summed E-state index contributed by atoms with van der Waals surface area (Å²) in [6, 6.07) is 0. The Labute approximate surface area is 121 Å². The SMILES string of the molecule is CCCCCCCCCCCCCCCCB(O)O. The summed E-state index contributed by atoms with van der Waals surface area (Å²) < 4.78 is 0. The van der Waals surface area contributed by atoms with E-state index in [1.54, 1.807) is 0 Å². The lowest BCUT2D eigenvalue weighted by atomic mass is 9.83. The topological polar surface area (TPSA) is 40.5 Å². The fourth-order valence-electron chi connectivity index (χ4n) is 2.52. The molecule has 0 atom stereocenters. The molecule has 2 nitrogen and oxygen atoms in total. The van der Waals surface area contributed by atoms with Gasteiger partial charge in [-0.2, -0.15) is 0 Å². The van der Waals surface area contributed by atoms with Gasteiger partial charge < -0.3 is 10.0 Å². The maximum absolute atomic E-state index is 8.70. The largest absolute Gasteiger partial charge is 0.451 e. The van der Waals surface area contributed by atoms with Crippen LogP contribution in [0.2, 0.25) is 6.32 Å². The molecular weight excluding hydrogens is 235 g/mol. The second-order valence-corrected chi connectivity index (χ2v) is 5.87. The minimum Gasteiger partial charge on any atom is -0.427 e. The van der Waals surface area contributed by atoms with Crippen molar-refractivity contribution in [3.05, 3.63) is 0 Å². The molecule has 19 heavy (non-hydrogen) atoms. The van der Waals surface area contributed by atoms with Crippen molar-refractivity contribution in [3.8, 4) is 0 Å². The predicted molar refractivity (Wildman–Crippen MR) is 85.3 cm³/mol. The van der Waals surface area contributed by atoms with Crippen LogP contribution in [-0.2, 0) is 0 Å². The normalized spacial score (nSPS) is 10.9. The third kappa shape index (κ3) is 18.0. The van der Waals surface area contributed by atoms with E-state index in [-0.39, 0.29) is 0 Å². The molecule has 0 saturated heterocycles. The molecule has 0 aromatic heterocycles. The number of hydrogen-bond donors (Lipinski definition) is 2. The number of rotatable bonds is 15. The van der Waals surface area contributed by atoms with E-state index in [1.807, 2.05) is 0 Å². The standard InChI is InChI=1S/C16H35BO2/c1-2-3-4-5-6-7-8-9-10-11-12-13-14-15-16-17(18)19/h18-19H,2-16H2,1H3. The first-order valence-electron chi connectivity index (χ1n) is 8.63. The van der Waals surface area contributed by atoms with E-state index in [9.17, 15) is 0 Å². The van der Waals surface area contributed by atoms with E-state index < -0.39 is 7.12 Å². The smallest absolute Gasteiger partial charge is 0.427 e. The summed E-state index contributed by atoms with van der Waals surface area (Å²) in [7, 11) is -1.10. The summed E-state index contributed by atoms with van der Waals surface area (Å²) in [5.74, 6) is 0. The molecule has 0 heterocycles. The van der Waals surface area contributed by atoms with Crippen molar-refractivity contribution in [2.75, 3.05) is 0 Å². The molecule has 0 unspecified atom stereocenters. The van der Waals surface area contributed by atoms with Crippen LogP contribution >= 0.6 is 0 Å². The molecule has 0 amide bonds. The summed E-state index contributed by atoms with van der Waals surface area (Å²) >= 11 is 0. The molecule has 0 aromatic rings. The molecule has 0 spiro atoms. The van der Waals surface area contributed by atoms with E-state index in [0.717, 1.165) is 12.8 Å². The Morgan fingerprint density at radius 2 is 0.842 bits per heavy atom. The third-order valence-corrected chi connectivity index (χ3v) is 3.82. The van der Waals surface area contributed by atoms with E-state index in [0.29, 0.717) is 6.32 Å². The molecule has 0 saturated carbocycles. The van der Waals surface area contributed by atoms with E-state index in [2.05, 4.69) is 6.92 Å². The van der Waals surface area contributed by atoms with Crippen molar-refractivity contribution in [2.24, 2.45) is 0 Å². The fraction of sp³-hybridized carbons (Fsp3) is 1.00. The Hall–Kier alpha value is -0.0151. The molecule has 0 rings (SSSR count). The Bertz CT molecular complexity index is 163. The maximum Gasteiger partial charge on any atom is 0.451 e. The molecule has 0 aliphatic carbocycles. The van der Waals surface area contributed by atoms with Crippen LogP contribution in [0.1, 0.15) is 96.8 Å². The Morgan fingerprint density at radius 3 is 1.16 bits per heavy atom. The van der Waals surface area contributed by atoms with Gasteiger partial charge in [-0.05, 0) is 6.32 Å². The molecule has 0 aliphatic rings. The van der Waals surface area contributed by atoms with Gasteiger partial charge in [0.1, 0.15) is 0 Å². The van der Waals surface area contributed by atoms with E-state index >= 15 is 0 Å². The maximum atomic E-state index is 8.70. The zero-order valence-electron chi connectivity index (χ0n) is 13.1. The highest BCUT2D eigenvalue weighted by Gasteiger charge is 2.04. The molecule has 0 aliphatic heterocycles. The monoisotopic (exact) mass is 270 g/mol. The first-order valence-corrected chi connectivity index (χ1v) is 8.63. The van der Waals surface area contributed by atoms with Crippen molar-refractivity contribution in [3.63, 3.8) is 0 Å². The molecule has 0 radical (unpaired) electrons. The zero-order chi connectivity index (χ0) is 14.2. The lowest BCUT2D eigenvalue weighted by molar-refractivity contribution is 0.401. The van der Waals surface area contributed by atoms with Crippen LogP contribution in [0.5, 0.6) is 0 Å². The lowest BCUT2D eigenvalue weighted by Gasteiger charge is -2.03. The van der Waals surface area contributed by atoms with Gasteiger partial charge in [0.05, 0.1) is 0 Å². The Morgan fingerprint density at radius 1 is 0.526 bits per heavy atom. The summed E-state index contributed by atoms with van der Waals surface area (Å²) in [6.45, 7) is 2.27. The van der Waals surface area contributed by atoms with Crippen molar-refractivity contribution in [1.29, 1.82) is 0 Å². The van der Waals surface area contributed by atoms with Gasteiger partial charge in [0.25, 0.3) is 0 Å². The van der Waals surface area contributed by atoms with Crippen molar-refractivity contribution < 1.29 is 10.0 Å². The highest BCUT2D eigenvalue weighted by molar-refractivity contribution is 6.40. The molecule has 0 aromatic carbocycles. The second-order valence-electron chi connectivity index (χ2n) is 5.87. The lowest BCUT2D eigenvalue weighted by Crippen LogP contribution is -2.09. The number of unbranched alkanes of at least 4 members (excludes halogenated alkanes) is 13. The summed E-state index contributed by atoms with van der Waals surface area (Å²) in [5, 5.41) is 17.4. The van der Waals surface area contributed by atoms with Gasteiger partial charge in [0, 0.05) is 0 Å².